The quantitative estimate of drug-likeness (QED) is 0.793. The second-order valence-corrected chi connectivity index (χ2v) is 5.69. The number of rotatable bonds is 3. The van der Waals surface area contributed by atoms with Crippen LogP contribution in [0.4, 0.5) is 5.82 Å². The molecule has 0 saturated heterocycles. The average molecular weight is 270 g/mol. The summed E-state index contributed by atoms with van der Waals surface area (Å²) in [5.74, 6) is 0.894. The van der Waals surface area contributed by atoms with E-state index in [1.807, 2.05) is 18.5 Å². The molecule has 0 aromatic carbocycles. The van der Waals surface area contributed by atoms with Crippen LogP contribution in [0.2, 0.25) is 0 Å². The molecule has 3 aromatic heterocycles. The molecule has 5 heteroatoms. The largest absolute Gasteiger partial charge is 0.365 e. The Morgan fingerprint density at radius 3 is 3.00 bits per heavy atom. The van der Waals surface area contributed by atoms with Crippen molar-refractivity contribution in [1.29, 1.82) is 0 Å². The Morgan fingerprint density at radius 2 is 2.16 bits per heavy atom. The summed E-state index contributed by atoms with van der Waals surface area (Å²) in [7, 11) is 0. The molecule has 19 heavy (non-hydrogen) atoms. The topological polar surface area (TPSA) is 50.7 Å². The number of fused-ring (bicyclic) bond motifs is 1. The number of hydrogen-bond acceptors (Lipinski definition) is 5. The minimum atomic E-state index is 0.745. The van der Waals surface area contributed by atoms with Crippen LogP contribution < -0.4 is 5.32 Å². The maximum Gasteiger partial charge on any atom is 0.138 e. The second-order valence-electron chi connectivity index (χ2n) is 4.45. The van der Waals surface area contributed by atoms with Crippen molar-refractivity contribution in [1.82, 2.24) is 15.0 Å². The SMILES string of the molecule is Cc1cc2c(NCc3ccncc3C)ncnc2s1. The van der Waals surface area contributed by atoms with Crippen LogP contribution in [0, 0.1) is 13.8 Å². The normalized spacial score (nSPS) is 10.8. The van der Waals surface area contributed by atoms with Crippen LogP contribution in [-0.2, 0) is 6.54 Å². The van der Waals surface area contributed by atoms with E-state index in [9.17, 15) is 0 Å². The van der Waals surface area contributed by atoms with Crippen molar-refractivity contribution in [3.8, 4) is 0 Å². The van der Waals surface area contributed by atoms with Crippen LogP contribution in [-0.4, -0.2) is 15.0 Å². The average Bonchev–Trinajstić information content (AvgIpc) is 2.78. The molecule has 0 radical (unpaired) electrons. The van der Waals surface area contributed by atoms with Gasteiger partial charge in [-0.15, -0.1) is 11.3 Å². The van der Waals surface area contributed by atoms with E-state index in [4.69, 9.17) is 0 Å². The Labute approximate surface area is 115 Å². The van der Waals surface area contributed by atoms with Crippen LogP contribution in [0.1, 0.15) is 16.0 Å². The Balaban J connectivity index is 1.88. The number of nitrogens with one attached hydrogen (secondary N) is 1. The molecule has 0 amide bonds. The third kappa shape index (κ3) is 2.42. The first-order valence-electron chi connectivity index (χ1n) is 6.08. The molecule has 1 N–H and O–H groups in total. The van der Waals surface area contributed by atoms with Gasteiger partial charge in [-0.25, -0.2) is 9.97 Å². The minimum absolute atomic E-state index is 0.745. The van der Waals surface area contributed by atoms with Gasteiger partial charge in [0.2, 0.25) is 0 Å². The molecule has 0 fully saturated rings. The van der Waals surface area contributed by atoms with E-state index in [0.29, 0.717) is 0 Å². The maximum atomic E-state index is 4.33. The van der Waals surface area contributed by atoms with E-state index in [2.05, 4.69) is 40.2 Å². The molecule has 0 saturated carbocycles. The van der Waals surface area contributed by atoms with Gasteiger partial charge in [-0.05, 0) is 37.1 Å². The highest BCUT2D eigenvalue weighted by molar-refractivity contribution is 7.18. The zero-order valence-electron chi connectivity index (χ0n) is 10.8. The van der Waals surface area contributed by atoms with Crippen LogP contribution >= 0.6 is 11.3 Å². The standard InChI is InChI=1S/C14H14N4S/c1-9-6-15-4-3-11(9)7-16-13-12-5-10(2)19-14(12)18-8-17-13/h3-6,8H,7H2,1-2H3,(H,16,17,18). The van der Waals surface area contributed by atoms with Crippen molar-refractivity contribution in [2.24, 2.45) is 0 Å². The Kier molecular flexibility index (Phi) is 3.13. The summed E-state index contributed by atoms with van der Waals surface area (Å²) in [5, 5.41) is 4.48. The van der Waals surface area contributed by atoms with Gasteiger partial charge in [-0.1, -0.05) is 0 Å². The number of anilines is 1. The van der Waals surface area contributed by atoms with Crippen molar-refractivity contribution in [3.63, 3.8) is 0 Å². The molecule has 0 aliphatic carbocycles. The summed E-state index contributed by atoms with van der Waals surface area (Å²) in [6.07, 6.45) is 5.30. The van der Waals surface area contributed by atoms with Crippen molar-refractivity contribution in [2.45, 2.75) is 20.4 Å². The molecule has 4 nitrogen and oxygen atoms in total. The maximum absolute atomic E-state index is 4.33. The third-order valence-corrected chi connectivity index (χ3v) is 3.99. The molecule has 0 aliphatic rings. The van der Waals surface area contributed by atoms with Crippen molar-refractivity contribution in [3.05, 3.63) is 46.9 Å². The lowest BCUT2D eigenvalue weighted by molar-refractivity contribution is 1.07. The molecule has 0 aliphatic heterocycles. The Morgan fingerprint density at radius 1 is 1.26 bits per heavy atom. The van der Waals surface area contributed by atoms with Gasteiger partial charge in [-0.2, -0.15) is 0 Å². The number of aryl methyl sites for hydroxylation is 2. The van der Waals surface area contributed by atoms with Crippen molar-refractivity contribution in [2.75, 3.05) is 5.32 Å². The zero-order valence-corrected chi connectivity index (χ0v) is 11.7. The monoisotopic (exact) mass is 270 g/mol. The van der Waals surface area contributed by atoms with Gasteiger partial charge in [0.15, 0.2) is 0 Å². The summed E-state index contributed by atoms with van der Waals surface area (Å²) in [6, 6.07) is 4.15. The molecule has 3 rings (SSSR count). The van der Waals surface area contributed by atoms with Gasteiger partial charge >= 0.3 is 0 Å². The summed E-state index contributed by atoms with van der Waals surface area (Å²) < 4.78 is 0. The minimum Gasteiger partial charge on any atom is -0.365 e. The molecule has 3 heterocycles. The number of hydrogen-bond donors (Lipinski definition) is 1. The van der Waals surface area contributed by atoms with Crippen LogP contribution in [0.25, 0.3) is 10.2 Å². The molecule has 96 valence electrons. The van der Waals surface area contributed by atoms with Gasteiger partial charge in [0.05, 0.1) is 5.39 Å². The van der Waals surface area contributed by atoms with Crippen LogP contribution in [0.5, 0.6) is 0 Å². The first-order chi connectivity index (χ1) is 9.24. The molecular weight excluding hydrogens is 256 g/mol. The Bertz CT molecular complexity index is 720. The van der Waals surface area contributed by atoms with Crippen molar-refractivity contribution < 1.29 is 0 Å². The fraction of sp³-hybridized carbons (Fsp3) is 0.214. The third-order valence-electron chi connectivity index (χ3n) is 3.04. The van der Waals surface area contributed by atoms with Gasteiger partial charge < -0.3 is 5.32 Å². The van der Waals surface area contributed by atoms with Crippen LogP contribution in [0.15, 0.2) is 30.9 Å². The lowest BCUT2D eigenvalue weighted by Crippen LogP contribution is -2.03. The molecule has 0 unspecified atom stereocenters. The van der Waals surface area contributed by atoms with E-state index < -0.39 is 0 Å². The molecule has 3 aromatic rings. The highest BCUT2D eigenvalue weighted by Gasteiger charge is 2.07. The Hall–Kier alpha value is -2.01. The smallest absolute Gasteiger partial charge is 0.138 e. The van der Waals surface area contributed by atoms with Crippen molar-refractivity contribution >= 4 is 27.4 Å². The van der Waals surface area contributed by atoms with E-state index in [1.54, 1.807) is 17.7 Å². The molecule has 0 spiro atoms. The van der Waals surface area contributed by atoms with E-state index in [1.165, 1.54) is 16.0 Å². The lowest BCUT2D eigenvalue weighted by atomic mass is 10.1. The summed E-state index contributed by atoms with van der Waals surface area (Å²) >= 11 is 1.69. The fourth-order valence-corrected chi connectivity index (χ4v) is 2.84. The summed E-state index contributed by atoms with van der Waals surface area (Å²) in [4.78, 5) is 15.0. The number of thiophene rings is 1. The van der Waals surface area contributed by atoms with Gasteiger partial charge in [0, 0.05) is 23.8 Å². The zero-order chi connectivity index (χ0) is 13.2. The highest BCUT2D eigenvalue weighted by atomic mass is 32.1. The number of pyridine rings is 1. The number of nitrogens with zero attached hydrogens (tertiary/aromatic N) is 3. The first-order valence-corrected chi connectivity index (χ1v) is 6.90. The van der Waals surface area contributed by atoms with E-state index in [0.717, 1.165) is 22.6 Å². The number of aromatic nitrogens is 3. The first kappa shape index (κ1) is 12.0. The molecule has 0 atom stereocenters. The summed E-state index contributed by atoms with van der Waals surface area (Å²) in [6.45, 7) is 4.90. The predicted octanol–water partition coefficient (Wildman–Crippen LogP) is 3.32. The summed E-state index contributed by atoms with van der Waals surface area (Å²) in [5.41, 5.74) is 2.41. The molecule has 0 bridgehead atoms. The highest BCUT2D eigenvalue weighted by Crippen LogP contribution is 2.27. The van der Waals surface area contributed by atoms with E-state index >= 15 is 0 Å². The van der Waals surface area contributed by atoms with Gasteiger partial charge in [0.25, 0.3) is 0 Å². The fourth-order valence-electron chi connectivity index (χ4n) is 2.00. The predicted molar refractivity (Wildman–Crippen MR) is 78.5 cm³/mol. The molecular formula is C14H14N4S. The van der Waals surface area contributed by atoms with Gasteiger partial charge in [0.1, 0.15) is 17.0 Å². The lowest BCUT2D eigenvalue weighted by Gasteiger charge is -2.08. The van der Waals surface area contributed by atoms with E-state index in [-0.39, 0.29) is 0 Å². The second kappa shape index (κ2) is 4.93. The van der Waals surface area contributed by atoms with Gasteiger partial charge in [-0.3, -0.25) is 4.98 Å². The van der Waals surface area contributed by atoms with Crippen LogP contribution in [0.3, 0.4) is 0 Å².